The molecule has 0 aliphatic carbocycles. The van der Waals surface area contributed by atoms with E-state index in [0.29, 0.717) is 12.3 Å². The molecule has 1 heterocycles. The van der Waals surface area contributed by atoms with Gasteiger partial charge in [0.1, 0.15) is 0 Å². The summed E-state index contributed by atoms with van der Waals surface area (Å²) in [5.74, 6) is 0.0485. The highest BCUT2D eigenvalue weighted by atomic mass is 35.5. The molecule has 0 amide bonds. The minimum absolute atomic E-state index is 0.124. The van der Waals surface area contributed by atoms with E-state index >= 15 is 0 Å². The van der Waals surface area contributed by atoms with Crippen molar-refractivity contribution in [2.75, 3.05) is 5.88 Å². The van der Waals surface area contributed by atoms with E-state index < -0.39 is 11.2 Å². The molecular weight excluding hydrogens is 232 g/mol. The number of rotatable bonds is 5. The molecule has 6 heteroatoms. The highest BCUT2D eigenvalue weighted by Crippen LogP contribution is 2.02. The third kappa shape index (κ3) is 2.55. The van der Waals surface area contributed by atoms with Crippen LogP contribution < -0.4 is 11.2 Å². The van der Waals surface area contributed by atoms with E-state index in [-0.39, 0.29) is 19.0 Å². The van der Waals surface area contributed by atoms with Crippen LogP contribution in [0, 0.1) is 0 Å². The molecule has 0 bridgehead atoms. The SMILES string of the molecule is C=CCn1c(=O)cc(O)n(CCCCl)c1=O. The zero-order chi connectivity index (χ0) is 12.1. The maximum atomic E-state index is 11.8. The molecule has 0 radical (unpaired) electrons. The van der Waals surface area contributed by atoms with Gasteiger partial charge in [-0.1, -0.05) is 6.08 Å². The highest BCUT2D eigenvalue weighted by molar-refractivity contribution is 6.17. The van der Waals surface area contributed by atoms with Crippen LogP contribution in [-0.2, 0) is 13.1 Å². The molecule has 0 aliphatic heterocycles. The summed E-state index contributed by atoms with van der Waals surface area (Å²) in [6.07, 6.45) is 1.99. The van der Waals surface area contributed by atoms with Crippen molar-refractivity contribution in [3.8, 4) is 5.88 Å². The molecule has 0 saturated heterocycles. The van der Waals surface area contributed by atoms with E-state index in [1.54, 1.807) is 0 Å². The minimum atomic E-state index is -0.546. The quantitative estimate of drug-likeness (QED) is 0.607. The van der Waals surface area contributed by atoms with Gasteiger partial charge in [-0.25, -0.2) is 4.79 Å². The molecule has 0 spiro atoms. The van der Waals surface area contributed by atoms with Crippen LogP contribution in [0.3, 0.4) is 0 Å². The van der Waals surface area contributed by atoms with Crippen molar-refractivity contribution < 1.29 is 5.11 Å². The monoisotopic (exact) mass is 244 g/mol. The van der Waals surface area contributed by atoms with Crippen LogP contribution >= 0.6 is 11.6 Å². The molecule has 0 aromatic carbocycles. The number of hydrogen-bond acceptors (Lipinski definition) is 3. The van der Waals surface area contributed by atoms with Crippen LogP contribution in [-0.4, -0.2) is 20.1 Å². The van der Waals surface area contributed by atoms with E-state index in [0.717, 1.165) is 15.2 Å². The van der Waals surface area contributed by atoms with Gasteiger partial charge in [-0.3, -0.25) is 13.9 Å². The van der Waals surface area contributed by atoms with Crippen LogP contribution in [0.4, 0.5) is 0 Å². The predicted molar refractivity (Wildman–Crippen MR) is 62.2 cm³/mol. The van der Waals surface area contributed by atoms with Gasteiger partial charge >= 0.3 is 5.69 Å². The Morgan fingerprint density at radius 3 is 2.69 bits per heavy atom. The minimum Gasteiger partial charge on any atom is -0.494 e. The van der Waals surface area contributed by atoms with Gasteiger partial charge in [-0.15, -0.1) is 18.2 Å². The van der Waals surface area contributed by atoms with Gasteiger partial charge in [0, 0.05) is 19.0 Å². The van der Waals surface area contributed by atoms with Crippen molar-refractivity contribution in [3.63, 3.8) is 0 Å². The van der Waals surface area contributed by atoms with E-state index in [4.69, 9.17) is 11.6 Å². The summed E-state index contributed by atoms with van der Waals surface area (Å²) in [6, 6.07) is 1.01. The van der Waals surface area contributed by atoms with Crippen molar-refractivity contribution >= 4 is 11.6 Å². The summed E-state index contributed by atoms with van der Waals surface area (Å²) in [7, 11) is 0. The normalized spacial score (nSPS) is 10.3. The first-order valence-electron chi connectivity index (χ1n) is 4.82. The van der Waals surface area contributed by atoms with Crippen molar-refractivity contribution in [1.29, 1.82) is 0 Å². The summed E-state index contributed by atoms with van der Waals surface area (Å²) >= 11 is 5.51. The lowest BCUT2D eigenvalue weighted by molar-refractivity contribution is 0.390. The Morgan fingerprint density at radius 2 is 2.12 bits per heavy atom. The van der Waals surface area contributed by atoms with Crippen molar-refractivity contribution in [2.45, 2.75) is 19.5 Å². The predicted octanol–water partition coefficient (Wildman–Crippen LogP) is 0.530. The Hall–Kier alpha value is -1.49. The highest BCUT2D eigenvalue weighted by Gasteiger charge is 2.08. The smallest absolute Gasteiger partial charge is 0.334 e. The lowest BCUT2D eigenvalue weighted by Gasteiger charge is -2.09. The summed E-state index contributed by atoms with van der Waals surface area (Å²) in [5, 5.41) is 9.47. The molecule has 0 saturated carbocycles. The number of allylic oxidation sites excluding steroid dienone is 1. The summed E-state index contributed by atoms with van der Waals surface area (Å²) < 4.78 is 2.12. The second kappa shape index (κ2) is 5.55. The van der Waals surface area contributed by atoms with Crippen molar-refractivity contribution in [3.05, 3.63) is 39.6 Å². The molecule has 88 valence electrons. The molecule has 0 atom stereocenters. The standard InChI is InChI=1S/C10H13ClN2O3/c1-2-5-12-8(14)7-9(15)13(10(12)16)6-3-4-11/h2,7,15H,1,3-6H2. The number of alkyl halides is 1. The van der Waals surface area contributed by atoms with Gasteiger partial charge in [0.15, 0.2) is 0 Å². The zero-order valence-corrected chi connectivity index (χ0v) is 9.48. The average Bonchev–Trinajstić information content (AvgIpc) is 2.24. The molecule has 16 heavy (non-hydrogen) atoms. The fourth-order valence-corrected chi connectivity index (χ4v) is 1.45. The van der Waals surface area contributed by atoms with E-state index in [9.17, 15) is 14.7 Å². The van der Waals surface area contributed by atoms with Crippen LogP contribution in [0.15, 0.2) is 28.3 Å². The fourth-order valence-electron chi connectivity index (χ4n) is 1.33. The van der Waals surface area contributed by atoms with E-state index in [1.807, 2.05) is 0 Å². The number of nitrogens with zero attached hydrogens (tertiary/aromatic N) is 2. The maximum absolute atomic E-state index is 11.8. The van der Waals surface area contributed by atoms with Crippen LogP contribution in [0.5, 0.6) is 5.88 Å². The molecule has 1 aromatic rings. The number of halogens is 1. The molecule has 5 nitrogen and oxygen atoms in total. The zero-order valence-electron chi connectivity index (χ0n) is 8.73. The first kappa shape index (κ1) is 12.6. The first-order valence-corrected chi connectivity index (χ1v) is 5.35. The van der Waals surface area contributed by atoms with Gasteiger partial charge < -0.3 is 5.11 Å². The Balaban J connectivity index is 3.27. The van der Waals surface area contributed by atoms with Gasteiger partial charge in [0.2, 0.25) is 5.88 Å². The fraction of sp³-hybridized carbons (Fsp3) is 0.400. The first-order chi connectivity index (χ1) is 7.61. The molecule has 0 fully saturated rings. The third-order valence-electron chi connectivity index (χ3n) is 2.08. The summed E-state index contributed by atoms with van der Waals surface area (Å²) in [6.45, 7) is 3.87. The molecule has 1 rings (SSSR count). The van der Waals surface area contributed by atoms with Crippen molar-refractivity contribution in [2.24, 2.45) is 0 Å². The van der Waals surface area contributed by atoms with Crippen LogP contribution in [0.1, 0.15) is 6.42 Å². The summed E-state index contributed by atoms with van der Waals surface area (Å²) in [5.41, 5.74) is -1.08. The Bertz CT molecular complexity index is 490. The van der Waals surface area contributed by atoms with E-state index in [1.165, 1.54) is 6.08 Å². The van der Waals surface area contributed by atoms with Gasteiger partial charge in [0.25, 0.3) is 5.56 Å². The van der Waals surface area contributed by atoms with E-state index in [2.05, 4.69) is 6.58 Å². The Kier molecular flexibility index (Phi) is 4.37. The number of hydrogen-bond donors (Lipinski definition) is 1. The van der Waals surface area contributed by atoms with Gasteiger partial charge in [-0.05, 0) is 6.42 Å². The molecule has 0 aliphatic rings. The maximum Gasteiger partial charge on any atom is 0.334 e. The lowest BCUT2D eigenvalue weighted by atomic mass is 10.4. The second-order valence-electron chi connectivity index (χ2n) is 3.22. The number of aromatic nitrogens is 2. The Morgan fingerprint density at radius 1 is 1.44 bits per heavy atom. The number of aromatic hydroxyl groups is 1. The van der Waals surface area contributed by atoms with Gasteiger partial charge in [0.05, 0.1) is 6.07 Å². The van der Waals surface area contributed by atoms with Crippen LogP contribution in [0.2, 0.25) is 0 Å². The van der Waals surface area contributed by atoms with Crippen molar-refractivity contribution in [1.82, 2.24) is 9.13 Å². The molecule has 1 aromatic heterocycles. The van der Waals surface area contributed by atoms with Gasteiger partial charge in [-0.2, -0.15) is 0 Å². The molecular formula is C10H13ClN2O3. The third-order valence-corrected chi connectivity index (χ3v) is 2.35. The summed E-state index contributed by atoms with van der Waals surface area (Å²) in [4.78, 5) is 23.2. The topological polar surface area (TPSA) is 64.2 Å². The Labute approximate surface area is 97.2 Å². The molecule has 1 N–H and O–H groups in total. The second-order valence-corrected chi connectivity index (χ2v) is 3.59. The largest absolute Gasteiger partial charge is 0.494 e. The lowest BCUT2D eigenvalue weighted by Crippen LogP contribution is -2.39. The molecule has 0 unspecified atom stereocenters. The van der Waals surface area contributed by atoms with Crippen LogP contribution in [0.25, 0.3) is 0 Å². The average molecular weight is 245 g/mol.